The molecule has 2 heterocycles. The monoisotopic (exact) mass is 348 g/mol. The van der Waals surface area contributed by atoms with Crippen LogP contribution in [0.3, 0.4) is 0 Å². The first kappa shape index (κ1) is 16.3. The van der Waals surface area contributed by atoms with E-state index in [1.54, 1.807) is 0 Å². The van der Waals surface area contributed by atoms with Gasteiger partial charge in [-0.15, -0.1) is 11.3 Å². The first-order valence-electron chi connectivity index (χ1n) is 7.99. The summed E-state index contributed by atoms with van der Waals surface area (Å²) < 4.78 is 0.771. The van der Waals surface area contributed by atoms with E-state index in [1.807, 2.05) is 24.3 Å². The molecule has 1 fully saturated rings. The van der Waals surface area contributed by atoms with Crippen molar-refractivity contribution in [2.45, 2.75) is 26.2 Å². The van der Waals surface area contributed by atoms with Gasteiger partial charge in [-0.1, -0.05) is 18.5 Å². The van der Waals surface area contributed by atoms with Gasteiger partial charge in [0.05, 0.1) is 4.34 Å². The molecule has 0 radical (unpaired) electrons. The summed E-state index contributed by atoms with van der Waals surface area (Å²) in [5.74, 6) is 0.803. The maximum atomic E-state index is 12.0. The highest BCUT2D eigenvalue weighted by atomic mass is 35.5. The molecule has 1 aliphatic rings. The van der Waals surface area contributed by atoms with Gasteiger partial charge >= 0.3 is 0 Å². The molecule has 1 aromatic carbocycles. The van der Waals surface area contributed by atoms with Gasteiger partial charge in [-0.05, 0) is 55.2 Å². The summed E-state index contributed by atoms with van der Waals surface area (Å²) in [5, 5.41) is 2.96. The minimum atomic E-state index is 0.0390. The Labute approximate surface area is 146 Å². The van der Waals surface area contributed by atoms with Gasteiger partial charge in [-0.2, -0.15) is 0 Å². The molecule has 1 aliphatic heterocycles. The van der Waals surface area contributed by atoms with Crippen LogP contribution in [-0.2, 0) is 11.2 Å². The number of thiophene rings is 1. The van der Waals surface area contributed by atoms with Gasteiger partial charge in [0.2, 0.25) is 5.91 Å². The van der Waals surface area contributed by atoms with E-state index >= 15 is 0 Å². The van der Waals surface area contributed by atoms with Gasteiger partial charge in [0.1, 0.15) is 0 Å². The SMILES string of the molecule is CC1CCN(c2ccc(NC(=O)CCc3ccc(Cl)s3)cc2)C1. The minimum Gasteiger partial charge on any atom is -0.371 e. The van der Waals surface area contributed by atoms with Crippen LogP contribution in [0.15, 0.2) is 36.4 Å². The Balaban J connectivity index is 1.50. The van der Waals surface area contributed by atoms with Crippen molar-refractivity contribution in [3.8, 4) is 0 Å². The Kier molecular flexibility index (Phi) is 5.23. The standard InChI is InChI=1S/C18H21ClN2OS/c1-13-10-11-21(12-13)15-4-2-14(3-5-15)20-18(22)9-7-16-6-8-17(19)23-16/h2-6,8,13H,7,9-12H2,1H3,(H,20,22). The summed E-state index contributed by atoms with van der Waals surface area (Å²) in [4.78, 5) is 15.6. The highest BCUT2D eigenvalue weighted by Gasteiger charge is 2.18. The van der Waals surface area contributed by atoms with E-state index in [0.717, 1.165) is 40.3 Å². The van der Waals surface area contributed by atoms with E-state index in [2.05, 4.69) is 29.3 Å². The summed E-state index contributed by atoms with van der Waals surface area (Å²) in [5.41, 5.74) is 2.09. The quantitative estimate of drug-likeness (QED) is 0.840. The van der Waals surface area contributed by atoms with Crippen LogP contribution in [0, 0.1) is 5.92 Å². The number of benzene rings is 1. The second-order valence-corrected chi connectivity index (χ2v) is 7.94. The number of amides is 1. The average Bonchev–Trinajstić information content (AvgIpc) is 3.15. The summed E-state index contributed by atoms with van der Waals surface area (Å²) in [6.45, 7) is 4.53. The largest absolute Gasteiger partial charge is 0.371 e. The molecule has 0 spiro atoms. The zero-order chi connectivity index (χ0) is 16.2. The third-order valence-corrected chi connectivity index (χ3v) is 5.46. The van der Waals surface area contributed by atoms with Crippen molar-refractivity contribution in [3.05, 3.63) is 45.6 Å². The van der Waals surface area contributed by atoms with Gasteiger partial charge in [0.15, 0.2) is 0 Å². The van der Waals surface area contributed by atoms with Crippen molar-refractivity contribution in [1.82, 2.24) is 0 Å². The highest BCUT2D eigenvalue weighted by molar-refractivity contribution is 7.16. The molecular weight excluding hydrogens is 328 g/mol. The number of rotatable bonds is 5. The summed E-state index contributed by atoms with van der Waals surface area (Å²) in [6.07, 6.45) is 2.46. The van der Waals surface area contributed by atoms with Crippen LogP contribution in [-0.4, -0.2) is 19.0 Å². The van der Waals surface area contributed by atoms with E-state index in [-0.39, 0.29) is 5.91 Å². The molecule has 2 aromatic rings. The molecule has 23 heavy (non-hydrogen) atoms. The Morgan fingerprint density at radius 3 is 2.70 bits per heavy atom. The number of hydrogen-bond donors (Lipinski definition) is 1. The van der Waals surface area contributed by atoms with Crippen molar-refractivity contribution in [2.75, 3.05) is 23.3 Å². The van der Waals surface area contributed by atoms with Crippen LogP contribution < -0.4 is 10.2 Å². The molecule has 3 nitrogen and oxygen atoms in total. The molecule has 1 unspecified atom stereocenters. The normalized spacial score (nSPS) is 17.5. The lowest BCUT2D eigenvalue weighted by Gasteiger charge is -2.18. The molecule has 1 atom stereocenters. The van der Waals surface area contributed by atoms with Crippen LogP contribution in [0.2, 0.25) is 4.34 Å². The predicted molar refractivity (Wildman–Crippen MR) is 98.7 cm³/mol. The second kappa shape index (κ2) is 7.37. The fraction of sp³-hybridized carbons (Fsp3) is 0.389. The summed E-state index contributed by atoms with van der Waals surface area (Å²) in [6, 6.07) is 12.0. The van der Waals surface area contributed by atoms with E-state index in [1.165, 1.54) is 23.4 Å². The first-order chi connectivity index (χ1) is 11.1. The van der Waals surface area contributed by atoms with Crippen molar-refractivity contribution in [2.24, 2.45) is 5.92 Å². The molecule has 1 aromatic heterocycles. The van der Waals surface area contributed by atoms with Gasteiger partial charge in [-0.25, -0.2) is 0 Å². The third kappa shape index (κ3) is 4.49. The Hall–Kier alpha value is -1.52. The number of anilines is 2. The van der Waals surface area contributed by atoms with Gasteiger partial charge in [0, 0.05) is 35.8 Å². The first-order valence-corrected chi connectivity index (χ1v) is 9.18. The zero-order valence-corrected chi connectivity index (χ0v) is 14.8. The highest BCUT2D eigenvalue weighted by Crippen LogP contribution is 2.25. The van der Waals surface area contributed by atoms with Gasteiger partial charge in [-0.3, -0.25) is 4.79 Å². The van der Waals surface area contributed by atoms with Crippen molar-refractivity contribution >= 4 is 40.2 Å². The molecular formula is C18H21ClN2OS. The van der Waals surface area contributed by atoms with Crippen LogP contribution in [0.4, 0.5) is 11.4 Å². The van der Waals surface area contributed by atoms with E-state index in [4.69, 9.17) is 11.6 Å². The van der Waals surface area contributed by atoms with Crippen LogP contribution in [0.1, 0.15) is 24.6 Å². The van der Waals surface area contributed by atoms with Crippen molar-refractivity contribution in [3.63, 3.8) is 0 Å². The second-order valence-electron chi connectivity index (χ2n) is 6.14. The minimum absolute atomic E-state index is 0.0390. The van der Waals surface area contributed by atoms with Gasteiger partial charge in [0.25, 0.3) is 0 Å². The molecule has 1 saturated heterocycles. The summed E-state index contributed by atoms with van der Waals surface area (Å²) in [7, 11) is 0. The number of carbonyl (C=O) groups excluding carboxylic acids is 1. The lowest BCUT2D eigenvalue weighted by Crippen LogP contribution is -2.19. The number of aryl methyl sites for hydroxylation is 1. The Morgan fingerprint density at radius 1 is 1.30 bits per heavy atom. The van der Waals surface area contributed by atoms with Crippen LogP contribution in [0.5, 0.6) is 0 Å². The molecule has 5 heteroatoms. The lowest BCUT2D eigenvalue weighted by molar-refractivity contribution is -0.116. The molecule has 122 valence electrons. The number of hydrogen-bond acceptors (Lipinski definition) is 3. The molecule has 3 rings (SSSR count). The fourth-order valence-electron chi connectivity index (χ4n) is 2.87. The Bertz CT molecular complexity index is 668. The fourth-order valence-corrected chi connectivity index (χ4v) is 3.96. The summed E-state index contributed by atoms with van der Waals surface area (Å²) >= 11 is 7.43. The predicted octanol–water partition coefficient (Wildman–Crippen LogP) is 4.82. The maximum absolute atomic E-state index is 12.0. The smallest absolute Gasteiger partial charge is 0.224 e. The lowest BCUT2D eigenvalue weighted by atomic mass is 10.2. The van der Waals surface area contributed by atoms with E-state index in [0.29, 0.717) is 6.42 Å². The van der Waals surface area contributed by atoms with Crippen LogP contribution >= 0.6 is 22.9 Å². The maximum Gasteiger partial charge on any atom is 0.224 e. The van der Waals surface area contributed by atoms with E-state index < -0.39 is 0 Å². The average molecular weight is 349 g/mol. The third-order valence-electron chi connectivity index (χ3n) is 4.17. The van der Waals surface area contributed by atoms with Crippen LogP contribution in [0.25, 0.3) is 0 Å². The molecule has 0 bridgehead atoms. The van der Waals surface area contributed by atoms with Crippen molar-refractivity contribution in [1.29, 1.82) is 0 Å². The number of carbonyl (C=O) groups is 1. The molecule has 1 N–H and O–H groups in total. The number of nitrogens with zero attached hydrogens (tertiary/aromatic N) is 1. The molecule has 0 aliphatic carbocycles. The van der Waals surface area contributed by atoms with Crippen molar-refractivity contribution < 1.29 is 4.79 Å². The number of nitrogens with one attached hydrogen (secondary N) is 1. The zero-order valence-electron chi connectivity index (χ0n) is 13.2. The molecule has 1 amide bonds. The Morgan fingerprint density at radius 2 is 2.09 bits per heavy atom. The number of halogens is 1. The van der Waals surface area contributed by atoms with E-state index in [9.17, 15) is 4.79 Å². The molecule has 0 saturated carbocycles. The van der Waals surface area contributed by atoms with Gasteiger partial charge < -0.3 is 10.2 Å². The topological polar surface area (TPSA) is 32.3 Å².